The van der Waals surface area contributed by atoms with Crippen molar-refractivity contribution in [3.63, 3.8) is 0 Å². The van der Waals surface area contributed by atoms with Crippen molar-refractivity contribution >= 4 is 17.3 Å². The van der Waals surface area contributed by atoms with Crippen LogP contribution in [0.15, 0.2) is 97.2 Å². The highest BCUT2D eigenvalue weighted by Gasteiger charge is 2.13. The molecule has 0 unspecified atom stereocenters. The highest BCUT2D eigenvalue weighted by atomic mass is 16.1. The molecule has 0 aliphatic rings. The molecule has 1 amide bonds. The van der Waals surface area contributed by atoms with Crippen LogP contribution in [0.4, 0.5) is 11.4 Å². The summed E-state index contributed by atoms with van der Waals surface area (Å²) in [5.41, 5.74) is 5.63. The number of nitrogens with one attached hydrogen (secondary N) is 2. The van der Waals surface area contributed by atoms with Crippen molar-refractivity contribution in [2.75, 3.05) is 17.2 Å². The zero-order chi connectivity index (χ0) is 22.2. The van der Waals surface area contributed by atoms with E-state index in [2.05, 4.69) is 21.7 Å². The minimum Gasteiger partial charge on any atom is -0.385 e. The number of hydrogen-bond acceptors (Lipinski definition) is 4. The van der Waals surface area contributed by atoms with Gasteiger partial charge in [-0.25, -0.2) is 0 Å². The van der Waals surface area contributed by atoms with Gasteiger partial charge in [0, 0.05) is 41.8 Å². The molecular formula is C27H22N4O. The van der Waals surface area contributed by atoms with Crippen LogP contribution in [-0.4, -0.2) is 17.4 Å². The standard InChI is InChI=1S/C27H22N4O/c28-19-20-8-10-21(11-9-20)25-6-1-2-7-26(25)27(32)31-24-14-12-23(13-15-24)30-18-16-22-5-3-4-17-29-22/h1-15,17,30H,16,18H2,(H,31,32). The van der Waals surface area contributed by atoms with Crippen LogP contribution < -0.4 is 10.6 Å². The summed E-state index contributed by atoms with van der Waals surface area (Å²) in [5, 5.41) is 15.3. The smallest absolute Gasteiger partial charge is 0.256 e. The van der Waals surface area contributed by atoms with Crippen LogP contribution in [0, 0.1) is 11.3 Å². The van der Waals surface area contributed by atoms with E-state index in [4.69, 9.17) is 5.26 Å². The van der Waals surface area contributed by atoms with Gasteiger partial charge in [-0.05, 0) is 65.7 Å². The maximum atomic E-state index is 13.0. The molecule has 156 valence electrons. The average Bonchev–Trinajstić information content (AvgIpc) is 2.86. The van der Waals surface area contributed by atoms with Gasteiger partial charge in [-0.2, -0.15) is 5.26 Å². The predicted octanol–water partition coefficient (Wildman–Crippen LogP) is 5.53. The first kappa shape index (κ1) is 20.8. The molecule has 4 aromatic rings. The molecule has 0 radical (unpaired) electrons. The van der Waals surface area contributed by atoms with Gasteiger partial charge in [0.15, 0.2) is 0 Å². The summed E-state index contributed by atoms with van der Waals surface area (Å²) < 4.78 is 0. The van der Waals surface area contributed by atoms with E-state index in [1.54, 1.807) is 24.4 Å². The van der Waals surface area contributed by atoms with Crippen molar-refractivity contribution in [1.82, 2.24) is 4.98 Å². The van der Waals surface area contributed by atoms with Crippen LogP contribution in [0.1, 0.15) is 21.6 Å². The Kier molecular flexibility index (Phi) is 6.54. The Morgan fingerprint density at radius 2 is 1.56 bits per heavy atom. The fourth-order valence-corrected chi connectivity index (χ4v) is 3.41. The molecule has 0 fully saturated rings. The van der Waals surface area contributed by atoms with Gasteiger partial charge in [0.2, 0.25) is 0 Å². The molecule has 3 aromatic carbocycles. The minimum absolute atomic E-state index is 0.180. The average molecular weight is 419 g/mol. The molecule has 2 N–H and O–H groups in total. The van der Waals surface area contributed by atoms with Gasteiger partial charge in [0.1, 0.15) is 0 Å². The molecule has 0 aliphatic carbocycles. The van der Waals surface area contributed by atoms with Crippen LogP contribution in [0.2, 0.25) is 0 Å². The Morgan fingerprint density at radius 3 is 2.28 bits per heavy atom. The van der Waals surface area contributed by atoms with Gasteiger partial charge in [-0.3, -0.25) is 9.78 Å². The molecule has 4 rings (SSSR count). The lowest BCUT2D eigenvalue weighted by Gasteiger charge is -2.12. The van der Waals surface area contributed by atoms with Crippen molar-refractivity contribution < 1.29 is 4.79 Å². The van der Waals surface area contributed by atoms with Crippen LogP contribution in [0.25, 0.3) is 11.1 Å². The number of anilines is 2. The van der Waals surface area contributed by atoms with Gasteiger partial charge < -0.3 is 10.6 Å². The third kappa shape index (κ3) is 5.18. The Morgan fingerprint density at radius 1 is 0.844 bits per heavy atom. The van der Waals surface area contributed by atoms with Gasteiger partial charge in [-0.15, -0.1) is 0 Å². The van der Waals surface area contributed by atoms with E-state index in [0.29, 0.717) is 11.1 Å². The zero-order valence-electron chi connectivity index (χ0n) is 17.5. The number of nitrogens with zero attached hydrogens (tertiary/aromatic N) is 2. The van der Waals surface area contributed by atoms with Crippen LogP contribution in [0.5, 0.6) is 0 Å². The van der Waals surface area contributed by atoms with E-state index in [0.717, 1.165) is 41.2 Å². The van der Waals surface area contributed by atoms with E-state index in [1.807, 2.05) is 72.8 Å². The number of benzene rings is 3. The van der Waals surface area contributed by atoms with Crippen molar-refractivity contribution in [3.8, 4) is 17.2 Å². The number of amides is 1. The third-order valence-corrected chi connectivity index (χ3v) is 5.08. The number of hydrogen-bond donors (Lipinski definition) is 2. The lowest BCUT2D eigenvalue weighted by molar-refractivity contribution is 0.102. The molecule has 0 aliphatic heterocycles. The largest absolute Gasteiger partial charge is 0.385 e. The van der Waals surface area contributed by atoms with Gasteiger partial charge in [0.25, 0.3) is 5.91 Å². The lowest BCUT2D eigenvalue weighted by atomic mass is 9.98. The van der Waals surface area contributed by atoms with Crippen LogP contribution >= 0.6 is 0 Å². The minimum atomic E-state index is -0.180. The molecule has 5 nitrogen and oxygen atoms in total. The molecule has 1 heterocycles. The highest BCUT2D eigenvalue weighted by molar-refractivity contribution is 6.08. The monoisotopic (exact) mass is 418 g/mol. The highest BCUT2D eigenvalue weighted by Crippen LogP contribution is 2.25. The summed E-state index contributed by atoms with van der Waals surface area (Å²) in [6.45, 7) is 0.778. The first-order valence-corrected chi connectivity index (χ1v) is 10.4. The first-order chi connectivity index (χ1) is 15.7. The first-order valence-electron chi connectivity index (χ1n) is 10.4. The second-order valence-electron chi connectivity index (χ2n) is 7.26. The second-order valence-corrected chi connectivity index (χ2v) is 7.26. The van der Waals surface area contributed by atoms with E-state index in [1.165, 1.54) is 0 Å². The summed E-state index contributed by atoms with van der Waals surface area (Å²) in [6.07, 6.45) is 2.64. The fourth-order valence-electron chi connectivity index (χ4n) is 3.41. The second kappa shape index (κ2) is 10.1. The van der Waals surface area contributed by atoms with E-state index in [9.17, 15) is 4.79 Å². The molecule has 0 bridgehead atoms. The molecule has 32 heavy (non-hydrogen) atoms. The van der Waals surface area contributed by atoms with Crippen LogP contribution in [-0.2, 0) is 6.42 Å². The quantitative estimate of drug-likeness (QED) is 0.414. The van der Waals surface area contributed by atoms with Crippen molar-refractivity contribution in [1.29, 1.82) is 5.26 Å². The Hall–Kier alpha value is -4.43. The predicted molar refractivity (Wildman–Crippen MR) is 127 cm³/mol. The fraction of sp³-hybridized carbons (Fsp3) is 0.0741. The Bertz CT molecular complexity index is 1230. The van der Waals surface area contributed by atoms with E-state index >= 15 is 0 Å². The molecule has 1 aromatic heterocycles. The Balaban J connectivity index is 1.40. The number of rotatable bonds is 7. The number of carbonyl (C=O) groups excluding carboxylic acids is 1. The summed E-state index contributed by atoms with van der Waals surface area (Å²) in [4.78, 5) is 17.3. The molecule has 5 heteroatoms. The van der Waals surface area contributed by atoms with Gasteiger partial charge >= 0.3 is 0 Å². The van der Waals surface area contributed by atoms with Crippen LogP contribution in [0.3, 0.4) is 0 Å². The SMILES string of the molecule is N#Cc1ccc(-c2ccccc2C(=O)Nc2ccc(NCCc3ccccn3)cc2)cc1. The molecule has 0 spiro atoms. The summed E-state index contributed by atoms with van der Waals surface area (Å²) in [7, 11) is 0. The van der Waals surface area contributed by atoms with E-state index < -0.39 is 0 Å². The topological polar surface area (TPSA) is 77.8 Å². The van der Waals surface area contributed by atoms with Gasteiger partial charge in [-0.1, -0.05) is 36.4 Å². The number of nitriles is 1. The normalized spacial score (nSPS) is 10.2. The molecule has 0 saturated carbocycles. The number of carbonyl (C=O) groups is 1. The summed E-state index contributed by atoms with van der Waals surface area (Å²) in [6, 6.07) is 30.3. The number of pyridine rings is 1. The molecular weight excluding hydrogens is 396 g/mol. The summed E-state index contributed by atoms with van der Waals surface area (Å²) >= 11 is 0. The lowest BCUT2D eigenvalue weighted by Crippen LogP contribution is -2.13. The third-order valence-electron chi connectivity index (χ3n) is 5.08. The maximum absolute atomic E-state index is 13.0. The Labute approximate surface area is 187 Å². The van der Waals surface area contributed by atoms with Crippen molar-refractivity contribution in [2.45, 2.75) is 6.42 Å². The van der Waals surface area contributed by atoms with Gasteiger partial charge in [0.05, 0.1) is 11.6 Å². The number of aromatic nitrogens is 1. The summed E-state index contributed by atoms with van der Waals surface area (Å²) in [5.74, 6) is -0.180. The molecule has 0 atom stereocenters. The van der Waals surface area contributed by atoms with Crippen molar-refractivity contribution in [3.05, 3.63) is 114 Å². The zero-order valence-corrected chi connectivity index (χ0v) is 17.5. The van der Waals surface area contributed by atoms with E-state index in [-0.39, 0.29) is 5.91 Å². The van der Waals surface area contributed by atoms with Crippen molar-refractivity contribution in [2.24, 2.45) is 0 Å². The molecule has 0 saturated heterocycles. The maximum Gasteiger partial charge on any atom is 0.256 e.